The fourth-order valence-electron chi connectivity index (χ4n) is 3.51. The quantitative estimate of drug-likeness (QED) is 0.301. The lowest BCUT2D eigenvalue weighted by molar-refractivity contribution is 0.101. The van der Waals surface area contributed by atoms with Crippen molar-refractivity contribution in [3.8, 4) is 5.75 Å². The lowest BCUT2D eigenvalue weighted by atomic mass is 10.0. The lowest BCUT2D eigenvalue weighted by Gasteiger charge is -2.24. The SMILES string of the molecule is CCc1ccc(N(C)S(=O)(=O)c2ccc(NC(=O)c3ccnn3C)cc2OC)cc1C(C)(F)I. The summed E-state index contributed by atoms with van der Waals surface area (Å²) in [7, 11) is 0.337. The molecule has 8 nitrogen and oxygen atoms in total. The van der Waals surface area contributed by atoms with Crippen LogP contribution in [0.1, 0.15) is 35.5 Å². The average Bonchev–Trinajstić information content (AvgIpc) is 3.23. The Morgan fingerprint density at radius 3 is 2.53 bits per heavy atom. The van der Waals surface area contributed by atoms with Crippen LogP contribution in [0, 0.1) is 0 Å². The van der Waals surface area contributed by atoms with Gasteiger partial charge in [0.15, 0.2) is 3.68 Å². The van der Waals surface area contributed by atoms with E-state index in [2.05, 4.69) is 10.4 Å². The Bertz CT molecular complexity index is 1320. The second kappa shape index (κ2) is 9.90. The van der Waals surface area contributed by atoms with Gasteiger partial charge in [-0.25, -0.2) is 12.8 Å². The number of hydrogen-bond donors (Lipinski definition) is 1. The van der Waals surface area contributed by atoms with E-state index >= 15 is 0 Å². The zero-order valence-corrected chi connectivity index (χ0v) is 22.4. The molecule has 1 N–H and O–H groups in total. The largest absolute Gasteiger partial charge is 0.495 e. The van der Waals surface area contributed by atoms with Crippen molar-refractivity contribution in [3.05, 3.63) is 65.5 Å². The highest BCUT2D eigenvalue weighted by molar-refractivity contribution is 14.1. The van der Waals surface area contributed by atoms with Crippen LogP contribution >= 0.6 is 22.6 Å². The van der Waals surface area contributed by atoms with E-state index in [-0.39, 0.29) is 10.6 Å². The van der Waals surface area contributed by atoms with Gasteiger partial charge in [0.05, 0.1) is 12.8 Å². The number of halogens is 2. The fraction of sp³-hybridized carbons (Fsp3) is 0.304. The molecule has 11 heteroatoms. The number of carbonyl (C=O) groups excluding carboxylic acids is 1. The van der Waals surface area contributed by atoms with Crippen molar-refractivity contribution in [2.45, 2.75) is 28.8 Å². The molecule has 0 aliphatic carbocycles. The number of anilines is 2. The first-order chi connectivity index (χ1) is 15.9. The summed E-state index contributed by atoms with van der Waals surface area (Å²) in [4.78, 5) is 12.4. The summed E-state index contributed by atoms with van der Waals surface area (Å²) >= 11 is 1.70. The number of rotatable bonds is 8. The van der Waals surface area contributed by atoms with Crippen LogP contribution in [0.5, 0.6) is 5.75 Å². The number of nitrogens with zero attached hydrogens (tertiary/aromatic N) is 3. The molecule has 0 fully saturated rings. The first-order valence-electron chi connectivity index (χ1n) is 10.4. The fourth-order valence-corrected chi connectivity index (χ4v) is 5.34. The number of nitrogens with one attached hydrogen (secondary N) is 1. The molecule has 0 aliphatic heterocycles. The number of amides is 1. The van der Waals surface area contributed by atoms with Crippen LogP contribution in [0.2, 0.25) is 0 Å². The number of aryl methyl sites for hydroxylation is 2. The minimum absolute atomic E-state index is 0.0595. The number of benzene rings is 2. The zero-order valence-electron chi connectivity index (χ0n) is 19.5. The van der Waals surface area contributed by atoms with Crippen LogP contribution in [0.3, 0.4) is 0 Å². The number of hydrogen-bond acceptors (Lipinski definition) is 5. The number of aromatic nitrogens is 2. The normalized spacial score (nSPS) is 13.3. The first kappa shape index (κ1) is 25.9. The molecular formula is C23H26FIN4O4S. The second-order valence-corrected chi connectivity index (χ2v) is 11.7. The molecule has 2 aromatic carbocycles. The van der Waals surface area contributed by atoms with Crippen molar-refractivity contribution < 1.29 is 22.3 Å². The average molecular weight is 600 g/mol. The monoisotopic (exact) mass is 600 g/mol. The van der Waals surface area contributed by atoms with Crippen molar-refractivity contribution in [2.75, 3.05) is 23.8 Å². The third-order valence-corrected chi connectivity index (χ3v) is 7.83. The Morgan fingerprint density at radius 1 is 1.26 bits per heavy atom. The third-order valence-electron chi connectivity index (χ3n) is 5.42. The van der Waals surface area contributed by atoms with Gasteiger partial charge < -0.3 is 10.1 Å². The summed E-state index contributed by atoms with van der Waals surface area (Å²) in [6.07, 6.45) is 2.12. The lowest BCUT2D eigenvalue weighted by Crippen LogP contribution is -2.27. The highest BCUT2D eigenvalue weighted by Gasteiger charge is 2.29. The molecule has 1 unspecified atom stereocenters. The maximum atomic E-state index is 14.8. The molecule has 0 bridgehead atoms. The van der Waals surface area contributed by atoms with E-state index in [0.29, 0.717) is 29.1 Å². The van der Waals surface area contributed by atoms with E-state index in [4.69, 9.17) is 4.74 Å². The smallest absolute Gasteiger partial charge is 0.273 e. The molecule has 182 valence electrons. The highest BCUT2D eigenvalue weighted by atomic mass is 127. The summed E-state index contributed by atoms with van der Waals surface area (Å²) in [6, 6.07) is 10.8. The maximum Gasteiger partial charge on any atom is 0.273 e. The van der Waals surface area contributed by atoms with Crippen molar-refractivity contribution in [3.63, 3.8) is 0 Å². The Kier molecular flexibility index (Phi) is 7.56. The van der Waals surface area contributed by atoms with Crippen molar-refractivity contribution >= 4 is 49.9 Å². The van der Waals surface area contributed by atoms with E-state index in [9.17, 15) is 17.6 Å². The van der Waals surface area contributed by atoms with Crippen molar-refractivity contribution in [1.29, 1.82) is 0 Å². The van der Waals surface area contributed by atoms with E-state index in [1.54, 1.807) is 53.9 Å². The highest BCUT2D eigenvalue weighted by Crippen LogP contribution is 2.39. The number of sulfonamides is 1. The number of alkyl halides is 2. The molecule has 1 atom stereocenters. The summed E-state index contributed by atoms with van der Waals surface area (Å²) in [5, 5.41) is 6.67. The van der Waals surface area contributed by atoms with Gasteiger partial charge in [0.2, 0.25) is 0 Å². The van der Waals surface area contributed by atoms with Gasteiger partial charge in [-0.3, -0.25) is 13.8 Å². The molecule has 0 saturated heterocycles. The van der Waals surface area contributed by atoms with E-state index in [0.717, 1.165) is 9.87 Å². The molecule has 1 heterocycles. The Labute approximate surface area is 212 Å². The zero-order chi connectivity index (χ0) is 25.3. The van der Waals surface area contributed by atoms with E-state index in [1.807, 2.05) is 6.92 Å². The Hall–Kier alpha value is -2.67. The Morgan fingerprint density at radius 2 is 1.97 bits per heavy atom. The second-order valence-electron chi connectivity index (χ2n) is 7.72. The topological polar surface area (TPSA) is 93.5 Å². The first-order valence-corrected chi connectivity index (χ1v) is 12.9. The van der Waals surface area contributed by atoms with Crippen molar-refractivity contribution in [2.24, 2.45) is 7.05 Å². The Balaban J connectivity index is 1.95. The number of ether oxygens (including phenoxy) is 1. The third kappa shape index (κ3) is 5.19. The minimum atomic E-state index is -4.06. The predicted molar refractivity (Wildman–Crippen MR) is 138 cm³/mol. The van der Waals surface area contributed by atoms with Gasteiger partial charge in [-0.2, -0.15) is 5.10 Å². The van der Waals surface area contributed by atoms with Crippen LogP contribution in [0.25, 0.3) is 0 Å². The summed E-state index contributed by atoms with van der Waals surface area (Å²) in [5.74, 6) is -0.337. The molecule has 0 spiro atoms. The molecule has 1 aromatic heterocycles. The van der Waals surface area contributed by atoms with Crippen LogP contribution in [0.15, 0.2) is 53.6 Å². The summed E-state index contributed by atoms with van der Waals surface area (Å²) in [5.41, 5.74) is 2.26. The molecule has 34 heavy (non-hydrogen) atoms. The van der Waals surface area contributed by atoms with Gasteiger partial charge in [-0.05, 0) is 71.8 Å². The maximum absolute atomic E-state index is 14.8. The van der Waals surface area contributed by atoms with Crippen LogP contribution in [-0.4, -0.2) is 38.3 Å². The van der Waals surface area contributed by atoms with Crippen LogP contribution in [-0.2, 0) is 27.2 Å². The molecule has 1 amide bonds. The standard InChI is InChI=1S/C23H26FIN4O4S/c1-6-15-7-9-17(14-18(15)23(2,24)25)29(4)34(31,32)21-10-8-16(13-20(21)33-5)27-22(30)19-11-12-26-28(19)3/h7-14H,6H2,1-5H3,(H,27,30). The summed E-state index contributed by atoms with van der Waals surface area (Å²) in [6.45, 7) is 3.35. The number of carbonyl (C=O) groups is 1. The van der Waals surface area contributed by atoms with Gasteiger partial charge in [-0.1, -0.05) is 13.0 Å². The van der Waals surface area contributed by atoms with E-state index < -0.39 is 19.6 Å². The molecule has 0 saturated carbocycles. The minimum Gasteiger partial charge on any atom is -0.495 e. The van der Waals surface area contributed by atoms with Gasteiger partial charge >= 0.3 is 0 Å². The molecule has 0 radical (unpaired) electrons. The van der Waals surface area contributed by atoms with E-state index in [1.165, 1.54) is 50.2 Å². The van der Waals surface area contributed by atoms with Crippen molar-refractivity contribution in [1.82, 2.24) is 9.78 Å². The predicted octanol–water partition coefficient (Wildman–Crippen LogP) is 4.65. The van der Waals surface area contributed by atoms with Gasteiger partial charge in [-0.15, -0.1) is 0 Å². The molecule has 0 aliphatic rings. The molecule has 3 aromatic rings. The van der Waals surface area contributed by atoms with Gasteiger partial charge in [0, 0.05) is 37.6 Å². The van der Waals surface area contributed by atoms with Crippen LogP contribution in [0.4, 0.5) is 15.8 Å². The number of methoxy groups -OCH3 is 1. The van der Waals surface area contributed by atoms with Gasteiger partial charge in [0.1, 0.15) is 16.3 Å². The van der Waals surface area contributed by atoms with Crippen LogP contribution < -0.4 is 14.4 Å². The van der Waals surface area contributed by atoms with Gasteiger partial charge in [0.25, 0.3) is 15.9 Å². The summed E-state index contributed by atoms with van der Waals surface area (Å²) < 4.78 is 47.9. The molecular weight excluding hydrogens is 574 g/mol. The molecule has 3 rings (SSSR count).